The van der Waals surface area contributed by atoms with Crippen LogP contribution in [0.2, 0.25) is 5.02 Å². The van der Waals surface area contributed by atoms with Crippen LogP contribution in [0.5, 0.6) is 0 Å². The monoisotopic (exact) mass is 323 g/mol. The Morgan fingerprint density at radius 3 is 3.00 bits per heavy atom. The molecule has 1 aromatic rings. The first-order valence-electron chi connectivity index (χ1n) is 4.91. The molecule has 6 heteroatoms. The molecule has 0 fully saturated rings. The highest BCUT2D eigenvalue weighted by atomic mass is 79.9. The van der Waals surface area contributed by atoms with Gasteiger partial charge in [0.2, 0.25) is 0 Å². The van der Waals surface area contributed by atoms with Gasteiger partial charge in [-0.15, -0.1) is 0 Å². The normalized spacial score (nSPS) is 12.2. The van der Waals surface area contributed by atoms with Crippen molar-refractivity contribution in [2.45, 2.75) is 4.83 Å². The van der Waals surface area contributed by atoms with Crippen LogP contribution in [0.15, 0.2) is 18.2 Å². The minimum Gasteiger partial charge on any atom is -0.383 e. The quantitative estimate of drug-likeness (QED) is 0.846. The summed E-state index contributed by atoms with van der Waals surface area (Å²) < 4.78 is 18.2. The Morgan fingerprint density at radius 1 is 1.65 bits per heavy atom. The summed E-state index contributed by atoms with van der Waals surface area (Å²) in [5, 5.41) is 2.91. The molecular weight excluding hydrogens is 312 g/mol. The number of alkyl halides is 1. The van der Waals surface area contributed by atoms with E-state index in [4.69, 9.17) is 16.3 Å². The molecular formula is C11H12BrClFNO2. The van der Waals surface area contributed by atoms with Gasteiger partial charge in [-0.25, -0.2) is 4.39 Å². The van der Waals surface area contributed by atoms with Crippen molar-refractivity contribution in [2.24, 2.45) is 0 Å². The van der Waals surface area contributed by atoms with E-state index in [9.17, 15) is 9.18 Å². The fraction of sp³-hybridized carbons (Fsp3) is 0.364. The summed E-state index contributed by atoms with van der Waals surface area (Å²) in [7, 11) is 1.56. The minimum atomic E-state index is -0.593. The van der Waals surface area contributed by atoms with Crippen LogP contribution < -0.4 is 5.32 Å². The number of hydrogen-bond acceptors (Lipinski definition) is 2. The molecule has 0 radical (unpaired) electrons. The Balaban J connectivity index is 2.61. The fourth-order valence-corrected chi connectivity index (χ4v) is 1.81. The van der Waals surface area contributed by atoms with Gasteiger partial charge in [-0.05, 0) is 18.2 Å². The van der Waals surface area contributed by atoms with Crippen molar-refractivity contribution in [2.75, 3.05) is 20.3 Å². The molecule has 0 bridgehead atoms. The van der Waals surface area contributed by atoms with Crippen LogP contribution in [0.1, 0.15) is 10.4 Å². The molecule has 1 rings (SSSR count). The summed E-state index contributed by atoms with van der Waals surface area (Å²) in [5.74, 6) is -1.09. The first-order valence-corrected chi connectivity index (χ1v) is 6.20. The number of carbonyl (C=O) groups is 1. The first kappa shape index (κ1) is 14.4. The van der Waals surface area contributed by atoms with Crippen LogP contribution in [-0.2, 0) is 4.74 Å². The molecule has 0 saturated carbocycles. The number of benzene rings is 1. The molecule has 0 saturated heterocycles. The predicted octanol–water partition coefficient (Wildman–Crippen LogP) is 2.62. The van der Waals surface area contributed by atoms with Crippen molar-refractivity contribution in [3.8, 4) is 0 Å². The highest BCUT2D eigenvalue weighted by Gasteiger charge is 2.13. The minimum absolute atomic E-state index is 0.0151. The molecule has 0 aliphatic heterocycles. The zero-order valence-electron chi connectivity index (χ0n) is 9.17. The summed E-state index contributed by atoms with van der Waals surface area (Å²) in [6.07, 6.45) is 0. The molecule has 17 heavy (non-hydrogen) atoms. The Labute approximate surface area is 112 Å². The summed E-state index contributed by atoms with van der Waals surface area (Å²) in [6.45, 7) is 0.803. The highest BCUT2D eigenvalue weighted by Crippen LogP contribution is 2.14. The molecule has 0 aromatic heterocycles. The third kappa shape index (κ3) is 4.61. The van der Waals surface area contributed by atoms with Crippen molar-refractivity contribution in [3.63, 3.8) is 0 Å². The molecule has 1 amide bonds. The fourth-order valence-electron chi connectivity index (χ4n) is 1.21. The van der Waals surface area contributed by atoms with Gasteiger partial charge in [-0.1, -0.05) is 27.5 Å². The second-order valence-electron chi connectivity index (χ2n) is 3.39. The van der Waals surface area contributed by atoms with E-state index in [1.807, 2.05) is 0 Å². The van der Waals surface area contributed by atoms with Gasteiger partial charge >= 0.3 is 0 Å². The van der Waals surface area contributed by atoms with Gasteiger partial charge < -0.3 is 10.1 Å². The zero-order valence-corrected chi connectivity index (χ0v) is 11.5. The number of amides is 1. The van der Waals surface area contributed by atoms with Crippen LogP contribution in [0.4, 0.5) is 4.39 Å². The lowest BCUT2D eigenvalue weighted by atomic mass is 10.2. The van der Waals surface area contributed by atoms with E-state index in [1.54, 1.807) is 7.11 Å². The smallest absolute Gasteiger partial charge is 0.254 e. The standard InChI is InChI=1S/C11H12BrClFNO2/c1-17-6-7(12)5-15-11(16)9-4-8(13)2-3-10(9)14/h2-4,7H,5-6H2,1H3,(H,15,16). The maximum atomic E-state index is 13.3. The van der Waals surface area contributed by atoms with E-state index in [1.165, 1.54) is 12.1 Å². The highest BCUT2D eigenvalue weighted by molar-refractivity contribution is 9.09. The van der Waals surface area contributed by atoms with Crippen LogP contribution in [0, 0.1) is 5.82 Å². The second kappa shape index (κ2) is 6.93. The number of carbonyl (C=O) groups excluding carboxylic acids is 1. The molecule has 1 aromatic carbocycles. The maximum absolute atomic E-state index is 13.3. The molecule has 1 unspecified atom stereocenters. The van der Waals surface area contributed by atoms with Crippen LogP contribution in [-0.4, -0.2) is 31.0 Å². The molecule has 3 nitrogen and oxygen atoms in total. The van der Waals surface area contributed by atoms with Crippen molar-refractivity contribution in [1.82, 2.24) is 5.32 Å². The van der Waals surface area contributed by atoms with E-state index in [0.717, 1.165) is 6.07 Å². The molecule has 1 N–H and O–H groups in total. The second-order valence-corrected chi connectivity index (χ2v) is 5.12. The van der Waals surface area contributed by atoms with Crippen molar-refractivity contribution in [3.05, 3.63) is 34.6 Å². The number of hydrogen-bond donors (Lipinski definition) is 1. The lowest BCUT2D eigenvalue weighted by Gasteiger charge is -2.10. The average Bonchev–Trinajstić information content (AvgIpc) is 2.29. The Morgan fingerprint density at radius 2 is 2.35 bits per heavy atom. The Hall–Kier alpha value is -0.650. The van der Waals surface area contributed by atoms with E-state index in [0.29, 0.717) is 18.2 Å². The summed E-state index contributed by atoms with van der Waals surface area (Å²) in [6, 6.07) is 3.86. The lowest BCUT2D eigenvalue weighted by molar-refractivity contribution is 0.0946. The predicted molar refractivity (Wildman–Crippen MR) is 68.3 cm³/mol. The topological polar surface area (TPSA) is 38.3 Å². The maximum Gasteiger partial charge on any atom is 0.254 e. The van der Waals surface area contributed by atoms with Gasteiger partial charge in [0.05, 0.1) is 17.0 Å². The molecule has 0 aliphatic carbocycles. The molecule has 1 atom stereocenters. The van der Waals surface area contributed by atoms with Gasteiger partial charge in [0.25, 0.3) is 5.91 Å². The largest absolute Gasteiger partial charge is 0.383 e. The van der Waals surface area contributed by atoms with E-state index < -0.39 is 11.7 Å². The summed E-state index contributed by atoms with van der Waals surface area (Å²) in [4.78, 5) is 11.6. The Bertz CT molecular complexity index is 403. The van der Waals surface area contributed by atoms with Gasteiger partial charge in [0.15, 0.2) is 0 Å². The van der Waals surface area contributed by atoms with Gasteiger partial charge in [0.1, 0.15) is 5.82 Å². The number of nitrogens with one attached hydrogen (secondary N) is 1. The van der Waals surface area contributed by atoms with Crippen LogP contribution in [0.3, 0.4) is 0 Å². The molecule has 94 valence electrons. The summed E-state index contributed by atoms with van der Waals surface area (Å²) >= 11 is 9.01. The van der Waals surface area contributed by atoms with Crippen LogP contribution >= 0.6 is 27.5 Å². The molecule has 0 spiro atoms. The third-order valence-electron chi connectivity index (χ3n) is 2.00. The van der Waals surface area contributed by atoms with Gasteiger partial charge in [-0.3, -0.25) is 4.79 Å². The SMILES string of the molecule is COCC(Br)CNC(=O)c1cc(Cl)ccc1F. The third-order valence-corrected chi connectivity index (χ3v) is 2.83. The van der Waals surface area contributed by atoms with Crippen molar-refractivity contribution < 1.29 is 13.9 Å². The number of halogens is 3. The number of rotatable bonds is 5. The van der Waals surface area contributed by atoms with E-state index >= 15 is 0 Å². The molecule has 0 aliphatic rings. The number of methoxy groups -OCH3 is 1. The van der Waals surface area contributed by atoms with E-state index in [2.05, 4.69) is 21.2 Å². The zero-order chi connectivity index (χ0) is 12.8. The Kier molecular flexibility index (Phi) is 5.88. The van der Waals surface area contributed by atoms with Crippen LogP contribution in [0.25, 0.3) is 0 Å². The van der Waals surface area contributed by atoms with Crippen molar-refractivity contribution >= 4 is 33.4 Å². The number of ether oxygens (including phenoxy) is 1. The van der Waals surface area contributed by atoms with E-state index in [-0.39, 0.29) is 10.4 Å². The molecule has 0 heterocycles. The average molecular weight is 325 g/mol. The first-order chi connectivity index (χ1) is 8.04. The van der Waals surface area contributed by atoms with Gasteiger partial charge in [-0.2, -0.15) is 0 Å². The summed E-state index contributed by atoms with van der Waals surface area (Å²) in [5.41, 5.74) is -0.0605. The van der Waals surface area contributed by atoms with Gasteiger partial charge in [0, 0.05) is 18.7 Å². The lowest BCUT2D eigenvalue weighted by Crippen LogP contribution is -2.31. The van der Waals surface area contributed by atoms with Crippen molar-refractivity contribution in [1.29, 1.82) is 0 Å².